The molecule has 1 heterocycles. The Morgan fingerprint density at radius 2 is 1.41 bits per heavy atom. The lowest BCUT2D eigenvalue weighted by Gasteiger charge is -2.09. The summed E-state index contributed by atoms with van der Waals surface area (Å²) in [6, 6.07) is 29.3. The molecule has 9 nitrogen and oxygen atoms in total. The lowest BCUT2D eigenvalue weighted by Crippen LogP contribution is -1.99. The Morgan fingerprint density at radius 1 is 0.730 bits per heavy atom. The van der Waals surface area contributed by atoms with Gasteiger partial charge in [-0.1, -0.05) is 84.1 Å². The quantitative estimate of drug-likeness (QED) is 0.108. The summed E-state index contributed by atoms with van der Waals surface area (Å²) in [5.41, 5.74) is 4.57. The minimum atomic E-state index is -4.55. The van der Waals surface area contributed by atoms with Crippen molar-refractivity contribution in [3.8, 4) is 22.4 Å². The number of aromatic nitrogens is 1. The predicted molar refractivity (Wildman–Crippen MR) is 142 cm³/mol. The summed E-state index contributed by atoms with van der Waals surface area (Å²) >= 11 is 0. The molecule has 0 saturated carbocycles. The number of hydrogen-bond donors (Lipinski definition) is 2. The Labute approximate surface area is 212 Å². The normalized spacial score (nSPS) is 12.0. The first-order valence-corrected chi connectivity index (χ1v) is 12.6. The van der Waals surface area contributed by atoms with Gasteiger partial charge in [0.1, 0.15) is 22.0 Å². The molecule has 0 atom stereocenters. The summed E-state index contributed by atoms with van der Waals surface area (Å²) in [6.07, 6.45) is 1.56. The van der Waals surface area contributed by atoms with Crippen LogP contribution in [0.25, 0.3) is 33.2 Å². The van der Waals surface area contributed by atoms with E-state index in [-0.39, 0.29) is 21.7 Å². The molecule has 0 aliphatic heterocycles. The number of nitrogens with zero attached hydrogens (tertiary/aromatic N) is 5. The van der Waals surface area contributed by atoms with E-state index in [0.29, 0.717) is 11.1 Å². The number of hydrogen-bond acceptors (Lipinski definition) is 7. The van der Waals surface area contributed by atoms with E-state index in [0.717, 1.165) is 22.4 Å². The number of azo groups is 1. The van der Waals surface area contributed by atoms with Crippen molar-refractivity contribution in [2.75, 3.05) is 0 Å². The van der Waals surface area contributed by atoms with Crippen LogP contribution >= 0.6 is 0 Å². The predicted octanol–water partition coefficient (Wildman–Crippen LogP) is 7.19. The molecule has 3 N–H and O–H groups in total. The van der Waals surface area contributed by atoms with Crippen LogP contribution in [-0.2, 0) is 10.1 Å². The van der Waals surface area contributed by atoms with Gasteiger partial charge in [-0.05, 0) is 29.3 Å². The smallest absolute Gasteiger partial charge is 0.295 e. The molecule has 182 valence electrons. The van der Waals surface area contributed by atoms with Gasteiger partial charge in [0.25, 0.3) is 10.1 Å². The van der Waals surface area contributed by atoms with Crippen LogP contribution in [0.2, 0.25) is 0 Å². The monoisotopic (exact) mass is 508 g/mol. The molecule has 1 aromatic heterocycles. The minimum Gasteiger partial charge on any atom is -0.305 e. The molecule has 0 spiro atoms. The van der Waals surface area contributed by atoms with E-state index in [1.807, 2.05) is 60.7 Å². The van der Waals surface area contributed by atoms with Crippen molar-refractivity contribution in [3.63, 3.8) is 0 Å². The molecule has 0 amide bonds. The van der Waals surface area contributed by atoms with Gasteiger partial charge in [-0.25, -0.2) is 0 Å². The van der Waals surface area contributed by atoms with Crippen molar-refractivity contribution < 1.29 is 13.0 Å². The second-order valence-electron chi connectivity index (χ2n) is 7.99. The number of fused-ring (bicyclic) bond motifs is 1. The lowest BCUT2D eigenvalue weighted by atomic mass is 9.97. The molecule has 10 heteroatoms. The van der Waals surface area contributed by atoms with Crippen molar-refractivity contribution in [2.24, 2.45) is 26.4 Å². The van der Waals surface area contributed by atoms with Gasteiger partial charge < -0.3 is 5.84 Å². The molecule has 0 saturated heterocycles. The SMILES string of the molecule is NN=Nc1c(N=Nc2ccc(-c3ccccc3-c3ccccc3)nc2)cc(S(=O)(=O)O)c2ccccc12. The van der Waals surface area contributed by atoms with Gasteiger partial charge in [-0.15, -0.1) is 15.3 Å². The van der Waals surface area contributed by atoms with Crippen LogP contribution in [0.5, 0.6) is 0 Å². The summed E-state index contributed by atoms with van der Waals surface area (Å²) in [5, 5.41) is 16.3. The van der Waals surface area contributed by atoms with E-state index in [1.165, 1.54) is 6.07 Å². The van der Waals surface area contributed by atoms with Crippen LogP contribution in [0.4, 0.5) is 17.1 Å². The highest BCUT2D eigenvalue weighted by Crippen LogP contribution is 2.41. The molecule has 0 bridgehead atoms. The van der Waals surface area contributed by atoms with E-state index in [1.54, 1.807) is 36.5 Å². The Balaban J connectivity index is 1.54. The topological polar surface area (TPSA) is 143 Å². The van der Waals surface area contributed by atoms with Gasteiger partial charge in [-0.2, -0.15) is 8.42 Å². The zero-order valence-corrected chi connectivity index (χ0v) is 20.1. The minimum absolute atomic E-state index is 0.0685. The van der Waals surface area contributed by atoms with Gasteiger partial charge in [0.2, 0.25) is 0 Å². The van der Waals surface area contributed by atoms with Crippen molar-refractivity contribution in [3.05, 3.63) is 103 Å². The standard InChI is InChI=1S/C27H20N6O3S/c28-33-32-27-23-13-7-6-12-22(23)26(37(34,35)36)16-25(27)31-30-19-14-15-24(29-17-19)21-11-5-4-10-20(21)18-8-2-1-3-9-18/h1-17H,(H2,28,32)(H,34,35,36). The Kier molecular flexibility index (Phi) is 6.50. The molecule has 0 aliphatic carbocycles. The van der Waals surface area contributed by atoms with E-state index < -0.39 is 10.1 Å². The third kappa shape index (κ3) is 4.96. The zero-order valence-electron chi connectivity index (χ0n) is 19.3. The van der Waals surface area contributed by atoms with Crippen molar-refractivity contribution in [1.82, 2.24) is 4.98 Å². The fraction of sp³-hybridized carbons (Fsp3) is 0. The van der Waals surface area contributed by atoms with Crippen LogP contribution in [-0.4, -0.2) is 18.0 Å². The number of pyridine rings is 1. The van der Waals surface area contributed by atoms with E-state index in [9.17, 15) is 13.0 Å². The Hall–Kier alpha value is -4.80. The molecule has 5 aromatic rings. The molecule has 4 aromatic carbocycles. The first-order valence-electron chi connectivity index (χ1n) is 11.1. The van der Waals surface area contributed by atoms with E-state index in [2.05, 4.69) is 25.5 Å². The highest BCUT2D eigenvalue weighted by atomic mass is 32.2. The zero-order chi connectivity index (χ0) is 25.8. The average molecular weight is 509 g/mol. The van der Waals surface area contributed by atoms with Gasteiger partial charge in [-0.3, -0.25) is 9.54 Å². The largest absolute Gasteiger partial charge is 0.305 e. The van der Waals surface area contributed by atoms with Crippen LogP contribution in [0.15, 0.2) is 129 Å². The second kappa shape index (κ2) is 10.1. The maximum absolute atomic E-state index is 12.0. The van der Waals surface area contributed by atoms with Crippen LogP contribution in [0, 0.1) is 0 Å². The average Bonchev–Trinajstić information content (AvgIpc) is 2.93. The van der Waals surface area contributed by atoms with Gasteiger partial charge in [0.15, 0.2) is 0 Å². The number of rotatable bonds is 6. The third-order valence-electron chi connectivity index (χ3n) is 5.70. The van der Waals surface area contributed by atoms with Gasteiger partial charge in [0, 0.05) is 16.3 Å². The molecule has 37 heavy (non-hydrogen) atoms. The summed E-state index contributed by atoms with van der Waals surface area (Å²) in [7, 11) is -4.55. The Bertz CT molecular complexity index is 1750. The van der Waals surface area contributed by atoms with Crippen molar-refractivity contribution in [1.29, 1.82) is 0 Å². The molecular weight excluding hydrogens is 488 g/mol. The highest BCUT2D eigenvalue weighted by Gasteiger charge is 2.20. The van der Waals surface area contributed by atoms with Crippen LogP contribution < -0.4 is 5.84 Å². The summed E-state index contributed by atoms with van der Waals surface area (Å²) in [5.74, 6) is 5.29. The summed E-state index contributed by atoms with van der Waals surface area (Å²) in [6.45, 7) is 0. The molecule has 0 radical (unpaired) electrons. The first-order chi connectivity index (χ1) is 18.0. The third-order valence-corrected chi connectivity index (χ3v) is 6.60. The van der Waals surface area contributed by atoms with Crippen molar-refractivity contribution in [2.45, 2.75) is 4.90 Å². The second-order valence-corrected chi connectivity index (χ2v) is 9.38. The van der Waals surface area contributed by atoms with Gasteiger partial charge in [0.05, 0.1) is 11.9 Å². The lowest BCUT2D eigenvalue weighted by molar-refractivity contribution is 0.484. The maximum Gasteiger partial charge on any atom is 0.295 e. The molecule has 0 fully saturated rings. The van der Waals surface area contributed by atoms with Crippen molar-refractivity contribution >= 4 is 38.0 Å². The van der Waals surface area contributed by atoms with E-state index >= 15 is 0 Å². The number of nitrogens with two attached hydrogens (primary N) is 1. The van der Waals surface area contributed by atoms with Crippen LogP contribution in [0.1, 0.15) is 0 Å². The maximum atomic E-state index is 12.0. The molecular formula is C27H20N6O3S. The number of benzene rings is 4. The first kappa shape index (κ1) is 23.9. The van der Waals surface area contributed by atoms with E-state index in [4.69, 9.17) is 5.84 Å². The fourth-order valence-electron chi connectivity index (χ4n) is 4.06. The van der Waals surface area contributed by atoms with Gasteiger partial charge >= 0.3 is 0 Å². The molecule has 5 rings (SSSR count). The van der Waals surface area contributed by atoms with Crippen LogP contribution in [0.3, 0.4) is 0 Å². The summed E-state index contributed by atoms with van der Waals surface area (Å²) in [4.78, 5) is 4.24. The highest BCUT2D eigenvalue weighted by molar-refractivity contribution is 7.86. The molecule has 0 unspecified atom stereocenters. The fourth-order valence-corrected chi connectivity index (χ4v) is 4.77. The summed E-state index contributed by atoms with van der Waals surface area (Å²) < 4.78 is 33.9. The molecule has 0 aliphatic rings. The Morgan fingerprint density at radius 3 is 2.08 bits per heavy atom.